The Balaban J connectivity index is 1.69. The van der Waals surface area contributed by atoms with Gasteiger partial charge < -0.3 is 5.32 Å². The summed E-state index contributed by atoms with van der Waals surface area (Å²) < 4.78 is 41.5. The zero-order valence-corrected chi connectivity index (χ0v) is 16.9. The molecule has 0 atom stereocenters. The Kier molecular flexibility index (Phi) is 5.98. The monoisotopic (exact) mass is 412 g/mol. The van der Waals surface area contributed by atoms with E-state index in [-0.39, 0.29) is 23.2 Å². The van der Waals surface area contributed by atoms with Gasteiger partial charge in [-0.1, -0.05) is 30.3 Å². The highest BCUT2D eigenvalue weighted by Crippen LogP contribution is 2.21. The van der Waals surface area contributed by atoms with E-state index in [1.54, 1.807) is 37.3 Å². The van der Waals surface area contributed by atoms with Gasteiger partial charge in [-0.25, -0.2) is 12.8 Å². The van der Waals surface area contributed by atoms with Gasteiger partial charge in [0.15, 0.2) is 0 Å². The number of carbonyl (C=O) groups is 1. The van der Waals surface area contributed by atoms with E-state index in [1.165, 1.54) is 30.3 Å². The minimum atomic E-state index is -3.74. The number of aryl methyl sites for hydroxylation is 2. The molecule has 3 aromatic carbocycles. The zero-order valence-electron chi connectivity index (χ0n) is 16.1. The molecule has 0 bridgehead atoms. The van der Waals surface area contributed by atoms with Crippen molar-refractivity contribution >= 4 is 21.6 Å². The van der Waals surface area contributed by atoms with E-state index >= 15 is 0 Å². The minimum absolute atomic E-state index is 0.0620. The molecule has 3 aromatic rings. The van der Waals surface area contributed by atoms with Crippen molar-refractivity contribution < 1.29 is 17.6 Å². The molecule has 150 valence electrons. The predicted octanol–water partition coefficient (Wildman–Crippen LogP) is 4.17. The highest BCUT2D eigenvalue weighted by Gasteiger charge is 2.17. The number of hydrogen-bond donors (Lipinski definition) is 2. The number of sulfonamides is 1. The van der Waals surface area contributed by atoms with Crippen LogP contribution in [0.5, 0.6) is 0 Å². The van der Waals surface area contributed by atoms with Gasteiger partial charge in [0.2, 0.25) is 0 Å². The lowest BCUT2D eigenvalue weighted by atomic mass is 10.1. The molecule has 5 nitrogen and oxygen atoms in total. The summed E-state index contributed by atoms with van der Waals surface area (Å²) in [4.78, 5) is 12.5. The molecule has 2 N–H and O–H groups in total. The third-order valence-corrected chi connectivity index (χ3v) is 5.95. The fourth-order valence-electron chi connectivity index (χ4n) is 2.82. The normalized spacial score (nSPS) is 11.1. The first kappa shape index (κ1) is 20.5. The van der Waals surface area contributed by atoms with E-state index in [1.807, 2.05) is 13.0 Å². The number of hydrogen-bond acceptors (Lipinski definition) is 3. The van der Waals surface area contributed by atoms with Crippen LogP contribution in [0, 0.1) is 19.7 Å². The molecule has 1 amide bonds. The van der Waals surface area contributed by atoms with Crippen molar-refractivity contribution in [3.8, 4) is 0 Å². The molecular weight excluding hydrogens is 391 g/mol. The second kappa shape index (κ2) is 8.45. The molecule has 0 aliphatic heterocycles. The fraction of sp³-hybridized carbons (Fsp3) is 0.136. The highest BCUT2D eigenvalue weighted by molar-refractivity contribution is 7.92. The van der Waals surface area contributed by atoms with Gasteiger partial charge in [-0.05, 0) is 61.4 Å². The summed E-state index contributed by atoms with van der Waals surface area (Å²) in [5, 5.41) is 2.65. The topological polar surface area (TPSA) is 75.3 Å². The van der Waals surface area contributed by atoms with Gasteiger partial charge in [-0.3, -0.25) is 9.52 Å². The fourth-order valence-corrected chi connectivity index (χ4v) is 4.21. The molecule has 0 heterocycles. The summed E-state index contributed by atoms with van der Waals surface area (Å²) in [6.45, 7) is 3.62. The van der Waals surface area contributed by atoms with Gasteiger partial charge in [-0.15, -0.1) is 0 Å². The standard InChI is InChI=1S/C22H21FN2O3S/c1-15-7-8-16(2)21(13-15)29(27,28)25-19-11-9-17(10-12-19)22(26)24-14-18-5-3-4-6-20(18)23/h3-13,25H,14H2,1-2H3,(H,24,26). The second-order valence-electron chi connectivity index (χ2n) is 6.73. The molecule has 0 radical (unpaired) electrons. The molecule has 3 rings (SSSR count). The molecule has 0 saturated carbocycles. The molecule has 0 unspecified atom stereocenters. The molecule has 29 heavy (non-hydrogen) atoms. The first-order valence-corrected chi connectivity index (χ1v) is 10.5. The number of nitrogens with one attached hydrogen (secondary N) is 2. The lowest BCUT2D eigenvalue weighted by molar-refractivity contribution is 0.0950. The molecule has 0 spiro atoms. The summed E-state index contributed by atoms with van der Waals surface area (Å²) in [7, 11) is -3.74. The van der Waals surface area contributed by atoms with E-state index in [4.69, 9.17) is 0 Å². The molecule has 0 aliphatic rings. The molecule has 0 aliphatic carbocycles. The predicted molar refractivity (Wildman–Crippen MR) is 111 cm³/mol. The zero-order chi connectivity index (χ0) is 21.0. The van der Waals surface area contributed by atoms with Crippen LogP contribution in [-0.4, -0.2) is 14.3 Å². The van der Waals surface area contributed by atoms with E-state index in [0.29, 0.717) is 22.4 Å². The van der Waals surface area contributed by atoms with Crippen molar-refractivity contribution in [3.05, 3.63) is 94.8 Å². The number of halogens is 1. The van der Waals surface area contributed by atoms with Crippen LogP contribution in [0.1, 0.15) is 27.0 Å². The maximum atomic E-state index is 13.6. The Morgan fingerprint density at radius 2 is 1.66 bits per heavy atom. The quantitative estimate of drug-likeness (QED) is 0.638. The number of carbonyl (C=O) groups excluding carboxylic acids is 1. The number of amides is 1. The molecule has 0 aromatic heterocycles. The van der Waals surface area contributed by atoms with Crippen molar-refractivity contribution in [1.29, 1.82) is 0 Å². The van der Waals surface area contributed by atoms with E-state index in [2.05, 4.69) is 10.0 Å². The van der Waals surface area contributed by atoms with Gasteiger partial charge in [0, 0.05) is 23.4 Å². The van der Waals surface area contributed by atoms with E-state index < -0.39 is 10.0 Å². The van der Waals surface area contributed by atoms with Crippen LogP contribution in [0.3, 0.4) is 0 Å². The average Bonchev–Trinajstić information content (AvgIpc) is 2.69. The third-order valence-electron chi connectivity index (χ3n) is 4.43. The number of benzene rings is 3. The lowest BCUT2D eigenvalue weighted by Crippen LogP contribution is -2.23. The smallest absolute Gasteiger partial charge is 0.262 e. The van der Waals surface area contributed by atoms with Gasteiger partial charge in [0.25, 0.3) is 15.9 Å². The number of anilines is 1. The third kappa shape index (κ3) is 5.00. The van der Waals surface area contributed by atoms with Crippen LogP contribution in [0.25, 0.3) is 0 Å². The van der Waals surface area contributed by atoms with Crippen LogP contribution < -0.4 is 10.0 Å². The Morgan fingerprint density at radius 3 is 2.34 bits per heavy atom. The maximum absolute atomic E-state index is 13.6. The first-order chi connectivity index (χ1) is 13.8. The molecule has 0 fully saturated rings. The highest BCUT2D eigenvalue weighted by atomic mass is 32.2. The van der Waals surface area contributed by atoms with Crippen molar-refractivity contribution in [2.45, 2.75) is 25.3 Å². The lowest BCUT2D eigenvalue weighted by Gasteiger charge is -2.12. The van der Waals surface area contributed by atoms with Crippen molar-refractivity contribution in [3.63, 3.8) is 0 Å². The van der Waals surface area contributed by atoms with Crippen molar-refractivity contribution in [2.75, 3.05) is 4.72 Å². The summed E-state index contributed by atoms with van der Waals surface area (Å²) in [5.74, 6) is -0.763. The van der Waals surface area contributed by atoms with Gasteiger partial charge >= 0.3 is 0 Å². The van der Waals surface area contributed by atoms with E-state index in [0.717, 1.165) is 5.56 Å². The molecular formula is C22H21FN2O3S. The molecule has 0 saturated heterocycles. The van der Waals surface area contributed by atoms with Gasteiger partial charge in [0.05, 0.1) is 4.90 Å². The maximum Gasteiger partial charge on any atom is 0.262 e. The van der Waals surface area contributed by atoms with Crippen molar-refractivity contribution in [1.82, 2.24) is 5.32 Å². The van der Waals surface area contributed by atoms with Gasteiger partial charge in [0.1, 0.15) is 5.82 Å². The Morgan fingerprint density at radius 1 is 0.966 bits per heavy atom. The van der Waals surface area contributed by atoms with Gasteiger partial charge in [-0.2, -0.15) is 0 Å². The van der Waals surface area contributed by atoms with Crippen LogP contribution in [-0.2, 0) is 16.6 Å². The summed E-state index contributed by atoms with van der Waals surface area (Å²) in [6.07, 6.45) is 0. The van der Waals surface area contributed by atoms with Crippen molar-refractivity contribution in [2.24, 2.45) is 0 Å². The Bertz CT molecular complexity index is 1140. The second-order valence-corrected chi connectivity index (χ2v) is 8.38. The summed E-state index contributed by atoms with van der Waals surface area (Å²) in [6, 6.07) is 17.5. The van der Waals surface area contributed by atoms with Crippen LogP contribution in [0.4, 0.5) is 10.1 Å². The first-order valence-electron chi connectivity index (χ1n) is 8.98. The minimum Gasteiger partial charge on any atom is -0.348 e. The van der Waals surface area contributed by atoms with Crippen LogP contribution in [0.2, 0.25) is 0 Å². The van der Waals surface area contributed by atoms with Crippen LogP contribution >= 0.6 is 0 Å². The number of rotatable bonds is 6. The van der Waals surface area contributed by atoms with E-state index in [9.17, 15) is 17.6 Å². The average molecular weight is 412 g/mol. The SMILES string of the molecule is Cc1ccc(C)c(S(=O)(=O)Nc2ccc(C(=O)NCc3ccccc3F)cc2)c1. The Hall–Kier alpha value is -3.19. The van der Waals surface area contributed by atoms with Crippen LogP contribution in [0.15, 0.2) is 71.6 Å². The molecule has 7 heteroatoms. The summed E-state index contributed by atoms with van der Waals surface area (Å²) in [5.41, 5.74) is 2.57. The largest absolute Gasteiger partial charge is 0.348 e. The Labute approximate surface area is 169 Å². The summed E-state index contributed by atoms with van der Waals surface area (Å²) >= 11 is 0.